The Morgan fingerprint density at radius 1 is 1.59 bits per heavy atom. The number of hydrogen-bond acceptors (Lipinski definition) is 3. The fourth-order valence-corrected chi connectivity index (χ4v) is 1.91. The lowest BCUT2D eigenvalue weighted by molar-refractivity contribution is 0.0956. The van der Waals surface area contributed by atoms with Crippen molar-refractivity contribution in [3.63, 3.8) is 0 Å². The van der Waals surface area contributed by atoms with Crippen molar-refractivity contribution in [1.82, 2.24) is 5.32 Å². The quantitative estimate of drug-likeness (QED) is 0.497. The van der Waals surface area contributed by atoms with Gasteiger partial charge in [0.15, 0.2) is 0 Å². The third kappa shape index (κ3) is 4.72. The molecule has 0 fully saturated rings. The van der Waals surface area contributed by atoms with Crippen LogP contribution in [-0.2, 0) is 0 Å². The van der Waals surface area contributed by atoms with Crippen molar-refractivity contribution in [2.24, 2.45) is 0 Å². The Bertz CT molecular complexity index is 443. The van der Waals surface area contributed by atoms with Crippen LogP contribution in [-0.4, -0.2) is 24.0 Å². The number of amides is 1. The van der Waals surface area contributed by atoms with Crippen LogP contribution in [0.1, 0.15) is 10.4 Å². The van der Waals surface area contributed by atoms with Crippen molar-refractivity contribution in [2.75, 3.05) is 23.8 Å². The maximum atomic E-state index is 11.7. The van der Waals surface area contributed by atoms with Crippen LogP contribution in [0.3, 0.4) is 0 Å². The maximum Gasteiger partial charge on any atom is 0.251 e. The van der Waals surface area contributed by atoms with Gasteiger partial charge in [0.2, 0.25) is 0 Å². The van der Waals surface area contributed by atoms with E-state index in [0.717, 1.165) is 10.2 Å². The molecule has 0 aliphatic rings. The summed E-state index contributed by atoms with van der Waals surface area (Å²) in [5.41, 5.74) is 6.82. The van der Waals surface area contributed by atoms with Gasteiger partial charge in [-0.25, -0.2) is 0 Å². The Morgan fingerprint density at radius 3 is 3.00 bits per heavy atom. The fraction of sp³-hybridized carbons (Fsp3) is 0.250. The average molecular weight is 313 g/mol. The summed E-state index contributed by atoms with van der Waals surface area (Å²) in [5.74, 6) is 3.89. The summed E-state index contributed by atoms with van der Waals surface area (Å²) >= 11 is 4.89. The molecule has 0 unspecified atom stereocenters. The van der Waals surface area contributed by atoms with E-state index in [1.807, 2.05) is 0 Å². The molecule has 1 aromatic rings. The largest absolute Gasteiger partial charge is 0.398 e. The van der Waals surface area contributed by atoms with E-state index in [1.54, 1.807) is 30.0 Å². The third-order valence-electron chi connectivity index (χ3n) is 1.98. The maximum absolute atomic E-state index is 11.7. The van der Waals surface area contributed by atoms with Gasteiger partial charge in [0.1, 0.15) is 0 Å². The standard InChI is InChI=1S/C12H13BrN2OS/c1-2-6-17-7-5-15-12(16)9-3-4-10(13)11(14)8-9/h1,3-4,8H,5-7,14H2,(H,15,16). The van der Waals surface area contributed by atoms with Gasteiger partial charge in [-0.05, 0) is 34.1 Å². The molecule has 3 N–H and O–H groups in total. The molecule has 1 aromatic carbocycles. The highest BCUT2D eigenvalue weighted by atomic mass is 79.9. The Labute approximate surface area is 114 Å². The molecule has 0 aliphatic heterocycles. The zero-order valence-electron chi connectivity index (χ0n) is 9.20. The Morgan fingerprint density at radius 2 is 2.35 bits per heavy atom. The summed E-state index contributed by atoms with van der Waals surface area (Å²) in [5, 5.41) is 2.81. The van der Waals surface area contributed by atoms with Gasteiger partial charge < -0.3 is 11.1 Å². The summed E-state index contributed by atoms with van der Waals surface area (Å²) in [6.45, 7) is 0.598. The van der Waals surface area contributed by atoms with Crippen molar-refractivity contribution < 1.29 is 4.79 Å². The second kappa shape index (κ2) is 7.25. The monoisotopic (exact) mass is 312 g/mol. The highest BCUT2D eigenvalue weighted by molar-refractivity contribution is 9.10. The second-order valence-corrected chi connectivity index (χ2v) is 5.21. The minimum Gasteiger partial charge on any atom is -0.398 e. The number of anilines is 1. The second-order valence-electron chi connectivity index (χ2n) is 3.25. The first-order valence-corrected chi connectivity index (χ1v) is 6.94. The first kappa shape index (κ1) is 13.9. The Balaban J connectivity index is 2.42. The smallest absolute Gasteiger partial charge is 0.251 e. The van der Waals surface area contributed by atoms with E-state index >= 15 is 0 Å². The van der Waals surface area contributed by atoms with Crippen molar-refractivity contribution >= 4 is 39.3 Å². The molecule has 17 heavy (non-hydrogen) atoms. The topological polar surface area (TPSA) is 55.1 Å². The van der Waals surface area contributed by atoms with Gasteiger partial charge in [-0.1, -0.05) is 5.92 Å². The molecule has 5 heteroatoms. The third-order valence-corrected chi connectivity index (χ3v) is 3.56. The van der Waals surface area contributed by atoms with Crippen molar-refractivity contribution in [3.8, 4) is 12.3 Å². The van der Waals surface area contributed by atoms with E-state index in [-0.39, 0.29) is 5.91 Å². The molecule has 1 rings (SSSR count). The van der Waals surface area contributed by atoms with Crippen LogP contribution in [0.25, 0.3) is 0 Å². The van der Waals surface area contributed by atoms with Gasteiger partial charge in [0, 0.05) is 28.0 Å². The zero-order valence-corrected chi connectivity index (χ0v) is 11.6. The SMILES string of the molecule is C#CCSCCNC(=O)c1ccc(Br)c(N)c1. The normalized spacial score (nSPS) is 9.65. The summed E-state index contributed by atoms with van der Waals surface area (Å²) in [6.07, 6.45) is 5.12. The van der Waals surface area contributed by atoms with Crippen molar-refractivity contribution in [2.45, 2.75) is 0 Å². The predicted molar refractivity (Wildman–Crippen MR) is 77.0 cm³/mol. The number of carbonyl (C=O) groups is 1. The van der Waals surface area contributed by atoms with E-state index in [1.165, 1.54) is 0 Å². The summed E-state index contributed by atoms with van der Waals surface area (Å²) in [7, 11) is 0. The molecule has 0 heterocycles. The van der Waals surface area contributed by atoms with Gasteiger partial charge in [-0.3, -0.25) is 4.79 Å². The highest BCUT2D eigenvalue weighted by Gasteiger charge is 2.06. The van der Waals surface area contributed by atoms with Gasteiger partial charge in [0.25, 0.3) is 5.91 Å². The summed E-state index contributed by atoms with van der Waals surface area (Å²) < 4.78 is 0.790. The van der Waals surface area contributed by atoms with Crippen LogP contribution in [0.4, 0.5) is 5.69 Å². The zero-order chi connectivity index (χ0) is 12.7. The number of rotatable bonds is 5. The lowest BCUT2D eigenvalue weighted by Gasteiger charge is -2.06. The molecule has 3 nitrogen and oxygen atoms in total. The number of nitrogens with two attached hydrogens (primary N) is 1. The van der Waals surface area contributed by atoms with E-state index in [4.69, 9.17) is 12.2 Å². The molecule has 0 radical (unpaired) electrons. The Hall–Kier alpha value is -1.12. The molecule has 0 atom stereocenters. The first-order chi connectivity index (χ1) is 8.15. The molecule has 0 spiro atoms. The van der Waals surface area contributed by atoms with E-state index in [2.05, 4.69) is 27.2 Å². The predicted octanol–water partition coefficient (Wildman–Crippen LogP) is 2.13. The van der Waals surface area contributed by atoms with Gasteiger partial charge >= 0.3 is 0 Å². The number of hydrogen-bond donors (Lipinski definition) is 2. The first-order valence-electron chi connectivity index (χ1n) is 4.99. The minimum atomic E-state index is -0.120. The van der Waals surface area contributed by atoms with Crippen LogP contribution in [0.5, 0.6) is 0 Å². The molecule has 1 amide bonds. The number of nitrogens with one attached hydrogen (secondary N) is 1. The number of terminal acetylenes is 1. The highest BCUT2D eigenvalue weighted by Crippen LogP contribution is 2.20. The number of carbonyl (C=O) groups excluding carboxylic acids is 1. The number of thioether (sulfide) groups is 1. The molecule has 0 bridgehead atoms. The molecular formula is C12H13BrN2OS. The van der Waals surface area contributed by atoms with E-state index in [9.17, 15) is 4.79 Å². The molecule has 90 valence electrons. The lowest BCUT2D eigenvalue weighted by Crippen LogP contribution is -2.25. The van der Waals surface area contributed by atoms with Crippen molar-refractivity contribution in [1.29, 1.82) is 0 Å². The summed E-state index contributed by atoms with van der Waals surface area (Å²) in [4.78, 5) is 11.7. The summed E-state index contributed by atoms with van der Waals surface area (Å²) in [6, 6.07) is 5.13. The Kier molecular flexibility index (Phi) is 5.95. The van der Waals surface area contributed by atoms with Crippen LogP contribution in [0.2, 0.25) is 0 Å². The number of halogens is 1. The van der Waals surface area contributed by atoms with Crippen LogP contribution < -0.4 is 11.1 Å². The van der Waals surface area contributed by atoms with Crippen LogP contribution in [0.15, 0.2) is 22.7 Å². The molecular weight excluding hydrogens is 300 g/mol. The lowest BCUT2D eigenvalue weighted by atomic mass is 10.2. The average Bonchev–Trinajstić information content (AvgIpc) is 2.32. The van der Waals surface area contributed by atoms with Gasteiger partial charge in [-0.2, -0.15) is 0 Å². The molecule has 0 aliphatic carbocycles. The molecule has 0 aromatic heterocycles. The van der Waals surface area contributed by atoms with Gasteiger partial charge in [-0.15, -0.1) is 18.2 Å². The molecule has 0 saturated heterocycles. The van der Waals surface area contributed by atoms with Crippen molar-refractivity contribution in [3.05, 3.63) is 28.2 Å². The van der Waals surface area contributed by atoms with Crippen LogP contribution >= 0.6 is 27.7 Å². The number of nitrogen functional groups attached to an aromatic ring is 1. The van der Waals surface area contributed by atoms with E-state index < -0.39 is 0 Å². The minimum absolute atomic E-state index is 0.120. The van der Waals surface area contributed by atoms with Gasteiger partial charge in [0.05, 0.1) is 5.75 Å². The molecule has 0 saturated carbocycles. The fourth-order valence-electron chi connectivity index (χ4n) is 1.15. The van der Waals surface area contributed by atoms with E-state index in [0.29, 0.717) is 23.5 Å². The van der Waals surface area contributed by atoms with Crippen LogP contribution in [0, 0.1) is 12.3 Å². The number of benzene rings is 1.